The molecule has 0 aromatic carbocycles. The van der Waals surface area contributed by atoms with Crippen LogP contribution in [0, 0.1) is 11.3 Å². The average molecular weight is 279 g/mol. The van der Waals surface area contributed by atoms with Gasteiger partial charge >= 0.3 is 5.97 Å². The second-order valence-electron chi connectivity index (χ2n) is 5.95. The van der Waals surface area contributed by atoms with E-state index in [9.17, 15) is 9.59 Å². The van der Waals surface area contributed by atoms with Crippen molar-refractivity contribution in [1.29, 1.82) is 0 Å². The number of aromatic carboxylic acids is 1. The second-order valence-corrected chi connectivity index (χ2v) is 5.95. The molecule has 0 aliphatic heterocycles. The van der Waals surface area contributed by atoms with E-state index >= 15 is 0 Å². The van der Waals surface area contributed by atoms with E-state index in [1.807, 2.05) is 20.8 Å². The minimum atomic E-state index is -1.08. The van der Waals surface area contributed by atoms with Crippen LogP contribution >= 0.6 is 0 Å². The minimum Gasteiger partial charge on any atom is -0.478 e. The molecular formula is C14H21N3O3. The van der Waals surface area contributed by atoms with Crippen molar-refractivity contribution in [2.75, 3.05) is 11.9 Å². The maximum atomic E-state index is 12.1. The molecule has 0 aliphatic carbocycles. The van der Waals surface area contributed by atoms with Crippen molar-refractivity contribution < 1.29 is 14.7 Å². The first kappa shape index (κ1) is 16.1. The highest BCUT2D eigenvalue weighted by molar-refractivity contribution is 5.94. The van der Waals surface area contributed by atoms with Crippen molar-refractivity contribution in [3.63, 3.8) is 0 Å². The summed E-state index contributed by atoms with van der Waals surface area (Å²) >= 11 is 0. The van der Waals surface area contributed by atoms with Gasteiger partial charge in [0.2, 0.25) is 5.91 Å². The first-order chi connectivity index (χ1) is 9.23. The maximum absolute atomic E-state index is 12.1. The molecule has 0 saturated carbocycles. The van der Waals surface area contributed by atoms with E-state index in [0.29, 0.717) is 12.1 Å². The minimum absolute atomic E-state index is 0.0114. The predicted molar refractivity (Wildman–Crippen MR) is 76.4 cm³/mol. The number of carboxylic acids is 1. The van der Waals surface area contributed by atoms with Crippen LogP contribution in [0.4, 0.5) is 5.69 Å². The number of pyridine rings is 1. The van der Waals surface area contributed by atoms with Gasteiger partial charge in [0.1, 0.15) is 0 Å². The predicted octanol–water partition coefficient (Wildman–Crippen LogP) is 1.73. The number of hydrogen-bond acceptors (Lipinski definition) is 4. The Morgan fingerprint density at radius 1 is 1.40 bits per heavy atom. The standard InChI is InChI=1S/C14H21N3O3/c1-14(2,3)5-10(6-15)12(18)17-11-4-9(13(19)20)7-16-8-11/h4,7-8,10H,5-6,15H2,1-3H3,(H,17,18)(H,19,20). The Labute approximate surface area is 118 Å². The van der Waals surface area contributed by atoms with Crippen LogP contribution < -0.4 is 11.1 Å². The Kier molecular flexibility index (Phi) is 5.21. The molecule has 4 N–H and O–H groups in total. The summed E-state index contributed by atoms with van der Waals surface area (Å²) < 4.78 is 0. The van der Waals surface area contributed by atoms with Crippen molar-refractivity contribution in [1.82, 2.24) is 4.98 Å². The summed E-state index contributed by atoms with van der Waals surface area (Å²) in [5, 5.41) is 11.5. The van der Waals surface area contributed by atoms with Gasteiger partial charge in [0, 0.05) is 12.7 Å². The number of nitrogens with two attached hydrogens (primary N) is 1. The highest BCUT2D eigenvalue weighted by atomic mass is 16.4. The molecule has 1 aromatic heterocycles. The molecule has 0 fully saturated rings. The molecule has 1 rings (SSSR count). The summed E-state index contributed by atoms with van der Waals surface area (Å²) in [5.41, 5.74) is 6.02. The third kappa shape index (κ3) is 4.97. The lowest BCUT2D eigenvalue weighted by molar-refractivity contribution is -0.120. The third-order valence-electron chi connectivity index (χ3n) is 2.77. The maximum Gasteiger partial charge on any atom is 0.337 e. The number of anilines is 1. The van der Waals surface area contributed by atoms with E-state index in [0.717, 1.165) is 0 Å². The fourth-order valence-corrected chi connectivity index (χ4v) is 1.89. The molecule has 1 heterocycles. The summed E-state index contributed by atoms with van der Waals surface area (Å²) in [7, 11) is 0. The summed E-state index contributed by atoms with van der Waals surface area (Å²) in [5.74, 6) is -1.62. The van der Waals surface area contributed by atoms with E-state index in [1.54, 1.807) is 0 Å². The van der Waals surface area contributed by atoms with Crippen LogP contribution in [-0.4, -0.2) is 28.5 Å². The van der Waals surface area contributed by atoms with Gasteiger partial charge < -0.3 is 16.2 Å². The van der Waals surface area contributed by atoms with E-state index in [4.69, 9.17) is 10.8 Å². The Morgan fingerprint density at radius 2 is 2.05 bits per heavy atom. The first-order valence-electron chi connectivity index (χ1n) is 6.42. The molecule has 110 valence electrons. The van der Waals surface area contributed by atoms with Crippen molar-refractivity contribution in [3.05, 3.63) is 24.0 Å². The molecule has 1 aromatic rings. The van der Waals surface area contributed by atoms with Gasteiger partial charge in [-0.15, -0.1) is 0 Å². The van der Waals surface area contributed by atoms with E-state index < -0.39 is 5.97 Å². The molecule has 1 amide bonds. The second kappa shape index (κ2) is 6.47. The van der Waals surface area contributed by atoms with E-state index in [1.165, 1.54) is 18.5 Å². The molecule has 1 atom stereocenters. The average Bonchev–Trinajstić information content (AvgIpc) is 2.35. The van der Waals surface area contributed by atoms with E-state index in [-0.39, 0.29) is 29.3 Å². The first-order valence-corrected chi connectivity index (χ1v) is 6.42. The van der Waals surface area contributed by atoms with Crippen molar-refractivity contribution >= 4 is 17.6 Å². The van der Waals surface area contributed by atoms with Gasteiger partial charge in [0.25, 0.3) is 0 Å². The number of amides is 1. The van der Waals surface area contributed by atoms with Crippen LogP contribution in [0.15, 0.2) is 18.5 Å². The Hall–Kier alpha value is -1.95. The zero-order chi connectivity index (χ0) is 15.3. The quantitative estimate of drug-likeness (QED) is 0.761. The number of hydrogen-bond donors (Lipinski definition) is 3. The molecule has 6 heteroatoms. The highest BCUT2D eigenvalue weighted by Gasteiger charge is 2.24. The van der Waals surface area contributed by atoms with Gasteiger partial charge in [-0.3, -0.25) is 9.78 Å². The van der Waals surface area contributed by atoms with Crippen molar-refractivity contribution in [3.8, 4) is 0 Å². The van der Waals surface area contributed by atoms with Gasteiger partial charge in [-0.05, 0) is 17.9 Å². The topological polar surface area (TPSA) is 105 Å². The van der Waals surface area contributed by atoms with Gasteiger partial charge in [-0.2, -0.15) is 0 Å². The number of carboxylic acid groups (broad SMARTS) is 1. The zero-order valence-electron chi connectivity index (χ0n) is 12.0. The number of carbonyl (C=O) groups excluding carboxylic acids is 1. The van der Waals surface area contributed by atoms with Gasteiger partial charge in [-0.25, -0.2) is 4.79 Å². The fraction of sp³-hybridized carbons (Fsp3) is 0.500. The molecule has 0 radical (unpaired) electrons. The van der Waals surface area contributed by atoms with Gasteiger partial charge in [-0.1, -0.05) is 20.8 Å². The van der Waals surface area contributed by atoms with Crippen LogP contribution in [0.5, 0.6) is 0 Å². The molecule has 1 unspecified atom stereocenters. The largest absolute Gasteiger partial charge is 0.478 e. The molecule has 6 nitrogen and oxygen atoms in total. The lowest BCUT2D eigenvalue weighted by Gasteiger charge is -2.24. The van der Waals surface area contributed by atoms with Crippen LogP contribution in [-0.2, 0) is 4.79 Å². The summed E-state index contributed by atoms with van der Waals surface area (Å²) in [6.07, 6.45) is 3.30. The molecule has 0 spiro atoms. The molecule has 0 bridgehead atoms. The van der Waals surface area contributed by atoms with Crippen LogP contribution in [0.25, 0.3) is 0 Å². The van der Waals surface area contributed by atoms with Crippen LogP contribution in [0.3, 0.4) is 0 Å². The van der Waals surface area contributed by atoms with Crippen LogP contribution in [0.1, 0.15) is 37.6 Å². The van der Waals surface area contributed by atoms with Crippen LogP contribution in [0.2, 0.25) is 0 Å². The summed E-state index contributed by atoms with van der Waals surface area (Å²) in [4.78, 5) is 26.8. The Bertz CT molecular complexity index is 495. The normalized spacial score (nSPS) is 12.8. The molecular weight excluding hydrogens is 258 g/mol. The SMILES string of the molecule is CC(C)(C)CC(CN)C(=O)Nc1cncc(C(=O)O)c1. The van der Waals surface area contributed by atoms with Crippen molar-refractivity contribution in [2.45, 2.75) is 27.2 Å². The molecule has 0 saturated heterocycles. The Balaban J connectivity index is 2.78. The number of rotatable bonds is 5. The summed E-state index contributed by atoms with van der Waals surface area (Å²) in [6.45, 7) is 6.36. The lowest BCUT2D eigenvalue weighted by Crippen LogP contribution is -2.32. The Morgan fingerprint density at radius 3 is 2.55 bits per heavy atom. The van der Waals surface area contributed by atoms with E-state index in [2.05, 4.69) is 10.3 Å². The number of aromatic nitrogens is 1. The lowest BCUT2D eigenvalue weighted by atomic mass is 9.84. The number of nitrogens with zero attached hydrogens (tertiary/aromatic N) is 1. The number of carbonyl (C=O) groups is 2. The third-order valence-corrected chi connectivity index (χ3v) is 2.77. The number of nitrogens with one attached hydrogen (secondary N) is 1. The smallest absolute Gasteiger partial charge is 0.337 e. The molecule has 20 heavy (non-hydrogen) atoms. The monoisotopic (exact) mass is 279 g/mol. The fourth-order valence-electron chi connectivity index (χ4n) is 1.89. The zero-order valence-corrected chi connectivity index (χ0v) is 12.0. The summed E-state index contributed by atoms with van der Waals surface area (Å²) in [6, 6.07) is 1.37. The van der Waals surface area contributed by atoms with Crippen molar-refractivity contribution in [2.24, 2.45) is 17.1 Å². The molecule has 0 aliphatic rings. The van der Waals surface area contributed by atoms with Gasteiger partial charge in [0.15, 0.2) is 0 Å². The van der Waals surface area contributed by atoms with Gasteiger partial charge in [0.05, 0.1) is 23.4 Å². The highest BCUT2D eigenvalue weighted by Crippen LogP contribution is 2.24.